The number of hydrogen-bond donors (Lipinski definition) is 1. The minimum Gasteiger partial charge on any atom is -0.177 e. The molecule has 0 aliphatic heterocycles. The van der Waals surface area contributed by atoms with Gasteiger partial charge in [0.2, 0.25) is 5.82 Å². The molecule has 0 aliphatic rings. The fourth-order valence-corrected chi connectivity index (χ4v) is 2.39. The molecule has 23 heavy (non-hydrogen) atoms. The van der Waals surface area contributed by atoms with Crippen LogP contribution in [0.5, 0.6) is 0 Å². The third-order valence-corrected chi connectivity index (χ3v) is 3.52. The normalized spacial score (nSPS) is 11.7. The molecule has 2 aromatic carbocycles. The van der Waals surface area contributed by atoms with Crippen molar-refractivity contribution in [1.82, 2.24) is 20.6 Å². The van der Waals surface area contributed by atoms with Gasteiger partial charge in [-0.3, -0.25) is 0 Å². The molecule has 1 aromatic heterocycles. The summed E-state index contributed by atoms with van der Waals surface area (Å²) in [5, 5.41) is 13.9. The topological polar surface area (TPSA) is 54.5 Å². The fourth-order valence-electron chi connectivity index (χ4n) is 2.39. The van der Waals surface area contributed by atoms with Gasteiger partial charge in [-0.2, -0.15) is 18.4 Å². The molecular weight excluding hydrogens is 305 g/mol. The number of nitrogens with zero attached hydrogens (tertiary/aromatic N) is 3. The first-order valence-electron chi connectivity index (χ1n) is 6.93. The average molecular weight is 318 g/mol. The first-order valence-corrected chi connectivity index (χ1v) is 6.93. The van der Waals surface area contributed by atoms with Crippen LogP contribution in [0.15, 0.2) is 42.5 Å². The zero-order chi connectivity index (χ0) is 16.4. The number of benzene rings is 2. The molecule has 118 valence electrons. The van der Waals surface area contributed by atoms with Crippen molar-refractivity contribution < 1.29 is 13.2 Å². The Kier molecular flexibility index (Phi) is 3.85. The second-order valence-corrected chi connectivity index (χ2v) is 5.27. The number of hydrogen-bond acceptors (Lipinski definition) is 3. The Balaban J connectivity index is 1.92. The number of aromatic amines is 1. The number of aryl methyl sites for hydroxylation is 1. The number of tetrazole rings is 1. The van der Waals surface area contributed by atoms with E-state index in [-0.39, 0.29) is 0 Å². The molecule has 0 fully saturated rings. The molecule has 1 heterocycles. The van der Waals surface area contributed by atoms with Crippen molar-refractivity contribution in [2.24, 2.45) is 0 Å². The summed E-state index contributed by atoms with van der Waals surface area (Å²) in [6, 6.07) is 11.0. The summed E-state index contributed by atoms with van der Waals surface area (Å²) in [6.07, 6.45) is -3.83. The van der Waals surface area contributed by atoms with E-state index in [1.54, 1.807) is 0 Å². The summed E-state index contributed by atoms with van der Waals surface area (Å²) in [4.78, 5) is 0. The zero-order valence-electron chi connectivity index (χ0n) is 12.2. The molecule has 0 saturated heterocycles. The maximum atomic E-state index is 12.6. The number of rotatable bonds is 3. The van der Waals surface area contributed by atoms with E-state index in [2.05, 4.69) is 20.6 Å². The van der Waals surface area contributed by atoms with Crippen LogP contribution in [-0.4, -0.2) is 20.6 Å². The van der Waals surface area contributed by atoms with Crippen molar-refractivity contribution >= 4 is 0 Å². The van der Waals surface area contributed by atoms with Crippen LogP contribution in [0.2, 0.25) is 0 Å². The van der Waals surface area contributed by atoms with Crippen LogP contribution in [0.3, 0.4) is 0 Å². The van der Waals surface area contributed by atoms with Crippen LogP contribution < -0.4 is 0 Å². The maximum absolute atomic E-state index is 12.6. The molecule has 0 aliphatic carbocycles. The molecule has 0 saturated carbocycles. The Bertz CT molecular complexity index is 793. The molecule has 0 radical (unpaired) electrons. The molecule has 0 bridgehead atoms. The van der Waals surface area contributed by atoms with Gasteiger partial charge in [0, 0.05) is 5.56 Å². The molecule has 4 nitrogen and oxygen atoms in total. The van der Waals surface area contributed by atoms with E-state index < -0.39 is 11.7 Å². The number of nitrogens with one attached hydrogen (secondary N) is 1. The van der Waals surface area contributed by atoms with Crippen LogP contribution >= 0.6 is 0 Å². The van der Waals surface area contributed by atoms with Crippen LogP contribution in [0.25, 0.3) is 11.4 Å². The minimum absolute atomic E-state index is 0.465. The van der Waals surface area contributed by atoms with E-state index in [4.69, 9.17) is 0 Å². The minimum atomic E-state index is -4.32. The second kappa shape index (κ2) is 5.83. The summed E-state index contributed by atoms with van der Waals surface area (Å²) in [6.45, 7) is 1.95. The van der Waals surface area contributed by atoms with Gasteiger partial charge >= 0.3 is 6.18 Å². The predicted molar refractivity (Wildman–Crippen MR) is 78.6 cm³/mol. The first-order chi connectivity index (χ1) is 10.9. The Labute approximate surface area is 130 Å². The van der Waals surface area contributed by atoms with Crippen molar-refractivity contribution in [3.05, 3.63) is 64.7 Å². The van der Waals surface area contributed by atoms with E-state index in [0.29, 0.717) is 12.2 Å². The van der Waals surface area contributed by atoms with Gasteiger partial charge in [0.1, 0.15) is 0 Å². The highest BCUT2D eigenvalue weighted by atomic mass is 19.4. The monoisotopic (exact) mass is 318 g/mol. The molecule has 0 amide bonds. The van der Waals surface area contributed by atoms with Crippen LogP contribution in [0.4, 0.5) is 13.2 Å². The highest BCUT2D eigenvalue weighted by molar-refractivity contribution is 5.61. The highest BCUT2D eigenvalue weighted by Crippen LogP contribution is 2.30. The lowest BCUT2D eigenvalue weighted by atomic mass is 9.97. The van der Waals surface area contributed by atoms with Crippen molar-refractivity contribution in [3.8, 4) is 11.4 Å². The molecular formula is C16H13F3N4. The van der Waals surface area contributed by atoms with E-state index in [9.17, 15) is 13.2 Å². The number of aromatic nitrogens is 4. The average Bonchev–Trinajstić information content (AvgIpc) is 3.01. The van der Waals surface area contributed by atoms with E-state index in [0.717, 1.165) is 34.4 Å². The largest absolute Gasteiger partial charge is 0.416 e. The molecule has 0 spiro atoms. The summed E-state index contributed by atoms with van der Waals surface area (Å²) in [5.41, 5.74) is 2.94. The summed E-state index contributed by atoms with van der Waals surface area (Å²) >= 11 is 0. The van der Waals surface area contributed by atoms with Gasteiger partial charge in [-0.25, -0.2) is 0 Å². The quantitative estimate of drug-likeness (QED) is 0.799. The lowest BCUT2D eigenvalue weighted by Gasteiger charge is -2.10. The molecule has 1 N–H and O–H groups in total. The lowest BCUT2D eigenvalue weighted by molar-refractivity contribution is -0.137. The summed E-state index contributed by atoms with van der Waals surface area (Å²) < 4.78 is 37.9. The first kappa shape index (κ1) is 15.2. The second-order valence-electron chi connectivity index (χ2n) is 5.27. The number of H-pyrrole nitrogens is 1. The van der Waals surface area contributed by atoms with Gasteiger partial charge in [-0.05, 0) is 41.8 Å². The van der Waals surface area contributed by atoms with Gasteiger partial charge in [-0.1, -0.05) is 35.9 Å². The van der Waals surface area contributed by atoms with Crippen LogP contribution in [0, 0.1) is 6.92 Å². The van der Waals surface area contributed by atoms with Gasteiger partial charge in [-0.15, -0.1) is 10.2 Å². The predicted octanol–water partition coefficient (Wildman–Crippen LogP) is 3.78. The van der Waals surface area contributed by atoms with Crippen molar-refractivity contribution in [1.29, 1.82) is 0 Å². The highest BCUT2D eigenvalue weighted by Gasteiger charge is 2.29. The van der Waals surface area contributed by atoms with Crippen molar-refractivity contribution in [3.63, 3.8) is 0 Å². The summed E-state index contributed by atoms with van der Waals surface area (Å²) in [7, 11) is 0. The van der Waals surface area contributed by atoms with E-state index in [1.807, 2.05) is 25.1 Å². The molecule has 3 aromatic rings. The van der Waals surface area contributed by atoms with Crippen LogP contribution in [-0.2, 0) is 12.6 Å². The van der Waals surface area contributed by atoms with Gasteiger partial charge in [0.15, 0.2) is 0 Å². The van der Waals surface area contributed by atoms with Gasteiger partial charge in [0.05, 0.1) is 5.56 Å². The number of alkyl halides is 3. The van der Waals surface area contributed by atoms with Crippen molar-refractivity contribution in [2.75, 3.05) is 0 Å². The molecule has 0 atom stereocenters. The Hall–Kier alpha value is -2.70. The standard InChI is InChI=1S/C16H13F3N4/c1-10-2-7-14(15-20-22-23-21-15)12(8-10)9-11-3-5-13(6-4-11)16(17,18)19/h2-8H,9H2,1H3,(H,20,21,22,23). The van der Waals surface area contributed by atoms with E-state index in [1.165, 1.54) is 12.1 Å². The van der Waals surface area contributed by atoms with Gasteiger partial charge in [0.25, 0.3) is 0 Å². The van der Waals surface area contributed by atoms with E-state index >= 15 is 0 Å². The summed E-state index contributed by atoms with van der Waals surface area (Å²) in [5.74, 6) is 0.465. The molecule has 7 heteroatoms. The maximum Gasteiger partial charge on any atom is 0.416 e. The third-order valence-electron chi connectivity index (χ3n) is 3.52. The Morgan fingerprint density at radius 3 is 2.39 bits per heavy atom. The Morgan fingerprint density at radius 2 is 1.78 bits per heavy atom. The van der Waals surface area contributed by atoms with Crippen LogP contribution in [0.1, 0.15) is 22.3 Å². The fraction of sp³-hybridized carbons (Fsp3) is 0.188. The third kappa shape index (κ3) is 3.39. The van der Waals surface area contributed by atoms with Crippen molar-refractivity contribution in [2.45, 2.75) is 19.5 Å². The zero-order valence-corrected chi connectivity index (χ0v) is 12.2. The van der Waals surface area contributed by atoms with Gasteiger partial charge < -0.3 is 0 Å². The molecule has 0 unspecified atom stereocenters. The SMILES string of the molecule is Cc1ccc(-c2nn[nH]n2)c(Cc2ccc(C(F)(F)F)cc2)c1. The smallest absolute Gasteiger partial charge is 0.177 e. The Morgan fingerprint density at radius 1 is 1.04 bits per heavy atom. The number of halogens is 3. The lowest BCUT2D eigenvalue weighted by Crippen LogP contribution is -2.04. The molecule has 3 rings (SSSR count).